The lowest BCUT2D eigenvalue weighted by atomic mass is 9.73. The molecule has 4 rings (SSSR count). The van der Waals surface area contributed by atoms with Crippen LogP contribution < -0.4 is 0 Å². The highest BCUT2D eigenvalue weighted by atomic mass is 16.7. The molecule has 3 aliphatic heterocycles. The number of hydrogen-bond acceptors (Lipinski definition) is 12. The molecule has 2 saturated heterocycles. The van der Waals surface area contributed by atoms with Gasteiger partial charge in [-0.3, -0.25) is 14.4 Å². The first-order valence-corrected chi connectivity index (χ1v) is 22.2. The van der Waals surface area contributed by atoms with Crippen molar-refractivity contribution >= 4 is 17.7 Å². The van der Waals surface area contributed by atoms with Crippen molar-refractivity contribution in [1.29, 1.82) is 0 Å². The molecule has 0 aromatic heterocycles. The summed E-state index contributed by atoms with van der Waals surface area (Å²) in [6.07, 6.45) is -2.32. The van der Waals surface area contributed by atoms with Crippen LogP contribution >= 0.6 is 0 Å². The summed E-state index contributed by atoms with van der Waals surface area (Å²) in [4.78, 5) is 43.0. The molecule has 3 heterocycles. The molecule has 2 N–H and O–H groups in total. The third kappa shape index (κ3) is 11.6. The Morgan fingerprint density at radius 1 is 0.900 bits per heavy atom. The Morgan fingerprint density at radius 3 is 2.07 bits per heavy atom. The molecule has 0 saturated carbocycles. The second kappa shape index (κ2) is 20.2. The summed E-state index contributed by atoms with van der Waals surface area (Å²) in [6.45, 7) is 26.0. The lowest BCUT2D eigenvalue weighted by Gasteiger charge is -2.48. The number of benzene rings is 1. The van der Waals surface area contributed by atoms with Crippen LogP contribution in [0.15, 0.2) is 23.8 Å². The lowest BCUT2D eigenvalue weighted by molar-refractivity contribution is -0.299. The van der Waals surface area contributed by atoms with Crippen molar-refractivity contribution in [3.8, 4) is 0 Å². The first-order valence-electron chi connectivity index (χ1n) is 22.2. The van der Waals surface area contributed by atoms with Gasteiger partial charge in [0.25, 0.3) is 0 Å². The summed E-state index contributed by atoms with van der Waals surface area (Å²) in [5, 5.41) is 24.1. The molecule has 1 aromatic rings. The van der Waals surface area contributed by atoms with Crippen LogP contribution in [0.1, 0.15) is 136 Å². The van der Waals surface area contributed by atoms with Gasteiger partial charge in [-0.2, -0.15) is 0 Å². The fourth-order valence-electron chi connectivity index (χ4n) is 10.5. The SMILES string of the molecule is CCC[C@H]1OC(=O)[C@H](C)[C@@H](O[C@H]2CC(C)(O)C(c3c(C)cc(C)cc3C)C(C)O2)[C@H](C)[C@@H](OC2O[C@H](C)CC(N(C)C)[C@@H]2OC(C)=O)[C@@H](C)C[C@@H](C)C(=O)/C(C)=C/[C@]1(C)O. The van der Waals surface area contributed by atoms with Crippen molar-refractivity contribution in [1.82, 2.24) is 4.90 Å². The van der Waals surface area contributed by atoms with E-state index in [1.165, 1.54) is 13.0 Å². The normalized spacial score (nSPS) is 41.0. The zero-order valence-corrected chi connectivity index (χ0v) is 39.4. The average Bonchev–Trinajstić information content (AvgIpc) is 3.12. The number of ketones is 1. The van der Waals surface area contributed by atoms with E-state index in [4.69, 9.17) is 28.4 Å². The average molecular weight is 844 g/mol. The maximum Gasteiger partial charge on any atom is 0.311 e. The maximum absolute atomic E-state index is 14.5. The molecule has 0 spiro atoms. The number of carbonyl (C=O) groups is 3. The van der Waals surface area contributed by atoms with E-state index in [9.17, 15) is 24.6 Å². The number of aliphatic hydroxyl groups is 2. The fraction of sp³-hybridized carbons (Fsp3) is 0.771. The van der Waals surface area contributed by atoms with Gasteiger partial charge in [-0.05, 0) is 130 Å². The minimum Gasteiger partial charge on any atom is -0.459 e. The van der Waals surface area contributed by atoms with Gasteiger partial charge in [0.15, 0.2) is 24.5 Å². The van der Waals surface area contributed by atoms with Crippen LogP contribution in [-0.4, -0.2) is 113 Å². The number of carbonyl (C=O) groups excluding carboxylic acids is 3. The second-order valence-corrected chi connectivity index (χ2v) is 19.4. The molecule has 340 valence electrons. The highest BCUT2D eigenvalue weighted by Crippen LogP contribution is 2.45. The third-order valence-corrected chi connectivity index (χ3v) is 13.3. The number of likely N-dealkylation sites (N-methyl/N-ethyl adjacent to an activating group) is 1. The van der Waals surface area contributed by atoms with Gasteiger partial charge in [0.05, 0.1) is 42.0 Å². The van der Waals surface area contributed by atoms with Crippen molar-refractivity contribution in [3.63, 3.8) is 0 Å². The van der Waals surface area contributed by atoms with E-state index in [0.717, 1.165) is 22.3 Å². The van der Waals surface area contributed by atoms with E-state index in [2.05, 4.69) is 32.9 Å². The number of Topliss-reactive ketones (excluding diaryl/α,β-unsaturated/α-hetero) is 1. The topological polar surface area (TPSA) is 150 Å². The maximum atomic E-state index is 14.5. The zero-order chi connectivity index (χ0) is 45.2. The fourth-order valence-corrected chi connectivity index (χ4v) is 10.5. The van der Waals surface area contributed by atoms with Crippen molar-refractivity contribution in [2.75, 3.05) is 14.1 Å². The number of cyclic esters (lactones) is 1. The Kier molecular flexibility index (Phi) is 16.8. The number of ether oxygens (including phenoxy) is 6. The van der Waals surface area contributed by atoms with Crippen LogP contribution in [0.4, 0.5) is 0 Å². The van der Waals surface area contributed by atoms with Gasteiger partial charge in [-0.1, -0.05) is 51.8 Å². The van der Waals surface area contributed by atoms with Crippen LogP contribution in [0, 0.1) is 44.4 Å². The molecule has 2 fully saturated rings. The number of esters is 2. The smallest absolute Gasteiger partial charge is 0.311 e. The van der Waals surface area contributed by atoms with Gasteiger partial charge in [-0.25, -0.2) is 0 Å². The third-order valence-electron chi connectivity index (χ3n) is 13.3. The molecule has 0 amide bonds. The van der Waals surface area contributed by atoms with Gasteiger partial charge in [0.1, 0.15) is 11.7 Å². The second-order valence-electron chi connectivity index (χ2n) is 19.4. The van der Waals surface area contributed by atoms with Crippen molar-refractivity contribution in [2.45, 2.75) is 201 Å². The summed E-state index contributed by atoms with van der Waals surface area (Å²) < 4.78 is 39.3. The quantitative estimate of drug-likeness (QED) is 0.241. The van der Waals surface area contributed by atoms with Gasteiger partial charge < -0.3 is 43.5 Å². The molecule has 16 atom stereocenters. The van der Waals surface area contributed by atoms with Crippen molar-refractivity contribution in [3.05, 3.63) is 46.0 Å². The molecule has 0 radical (unpaired) electrons. The summed E-state index contributed by atoms with van der Waals surface area (Å²) >= 11 is 0. The van der Waals surface area contributed by atoms with E-state index >= 15 is 0 Å². The molecule has 1 aromatic carbocycles. The summed E-state index contributed by atoms with van der Waals surface area (Å²) in [6, 6.07) is 4.03. The Labute approximate surface area is 360 Å². The van der Waals surface area contributed by atoms with E-state index in [-0.39, 0.29) is 36.2 Å². The number of nitrogens with zero attached hydrogens (tertiary/aromatic N) is 1. The Hall–Kier alpha value is -2.71. The molecule has 5 unspecified atom stereocenters. The molecule has 12 heteroatoms. The standard InChI is InChI=1S/C48H77NO11/c1-17-18-37-47(13,53)23-30(7)41(51)28(5)21-29(6)42(60-46-44(57-35(12)50)36(49(15)16)22-31(8)55-46)32(9)43(33(10)45(52)58-37)59-38-24-48(14,54)40(34(11)56-38)39-26(3)19-25(2)20-27(39)4/h19-20,23,28-29,31-34,36-38,40,42-44,46,53-54H,17-18,21-22,24H2,1-16H3/b30-23+/t28-,29+,31-,32-,33-,34?,36?,37-,38+,40?,42+,43+,44+,46?,47+,48?/m1/s1. The Bertz CT molecular complexity index is 1660. The Morgan fingerprint density at radius 2 is 1.52 bits per heavy atom. The molecule has 12 nitrogen and oxygen atoms in total. The monoisotopic (exact) mass is 844 g/mol. The van der Waals surface area contributed by atoms with E-state index < -0.39 is 84.0 Å². The predicted molar refractivity (Wildman–Crippen MR) is 230 cm³/mol. The zero-order valence-electron chi connectivity index (χ0n) is 39.4. The Balaban J connectivity index is 1.84. The lowest BCUT2D eigenvalue weighted by Crippen LogP contribution is -2.58. The first kappa shape index (κ1) is 49.9. The van der Waals surface area contributed by atoms with Crippen molar-refractivity contribution < 1.29 is 53.0 Å². The minimum atomic E-state index is -1.63. The number of hydrogen-bond donors (Lipinski definition) is 2. The summed E-state index contributed by atoms with van der Waals surface area (Å²) in [7, 11) is 3.86. The number of allylic oxidation sites excluding steroid dienone is 1. The number of aryl methyl sites for hydroxylation is 3. The van der Waals surface area contributed by atoms with Crippen LogP contribution in [0.3, 0.4) is 0 Å². The van der Waals surface area contributed by atoms with Gasteiger partial charge in [0.2, 0.25) is 0 Å². The first-order chi connectivity index (χ1) is 27.8. The van der Waals surface area contributed by atoms with Crippen molar-refractivity contribution in [2.24, 2.45) is 23.7 Å². The molecular weight excluding hydrogens is 767 g/mol. The molecule has 0 aliphatic carbocycles. The van der Waals surface area contributed by atoms with Gasteiger partial charge in [-0.15, -0.1) is 0 Å². The highest BCUT2D eigenvalue weighted by molar-refractivity contribution is 5.96. The minimum absolute atomic E-state index is 0.117. The molecular formula is C48H77NO11. The van der Waals surface area contributed by atoms with Crippen LogP contribution in [-0.2, 0) is 42.8 Å². The van der Waals surface area contributed by atoms with Gasteiger partial charge >= 0.3 is 11.9 Å². The predicted octanol–water partition coefficient (Wildman–Crippen LogP) is 7.27. The van der Waals surface area contributed by atoms with E-state index in [0.29, 0.717) is 31.3 Å². The van der Waals surface area contributed by atoms with E-state index in [1.807, 2.05) is 67.5 Å². The van der Waals surface area contributed by atoms with Crippen LogP contribution in [0.5, 0.6) is 0 Å². The number of rotatable bonds is 9. The van der Waals surface area contributed by atoms with Crippen LogP contribution in [0.2, 0.25) is 0 Å². The van der Waals surface area contributed by atoms with Gasteiger partial charge in [0, 0.05) is 31.1 Å². The molecule has 60 heavy (non-hydrogen) atoms. The largest absolute Gasteiger partial charge is 0.459 e. The molecule has 3 aliphatic rings. The van der Waals surface area contributed by atoms with Crippen LogP contribution in [0.25, 0.3) is 0 Å². The summed E-state index contributed by atoms with van der Waals surface area (Å²) in [5.74, 6) is -3.81. The summed E-state index contributed by atoms with van der Waals surface area (Å²) in [5.41, 5.74) is 1.85. The van der Waals surface area contributed by atoms with E-state index in [1.54, 1.807) is 20.8 Å². The molecule has 0 bridgehead atoms. The highest BCUT2D eigenvalue weighted by Gasteiger charge is 2.51.